The molecule has 0 saturated carbocycles. The summed E-state index contributed by atoms with van der Waals surface area (Å²) in [5, 5.41) is 0.698. The molecule has 1 unspecified atom stereocenters. The van der Waals surface area contributed by atoms with E-state index >= 15 is 0 Å². The highest BCUT2D eigenvalue weighted by Crippen LogP contribution is 2.31. The number of rotatable bonds is 8. The third-order valence-electron chi connectivity index (χ3n) is 3.70. The van der Waals surface area contributed by atoms with E-state index in [2.05, 4.69) is 17.0 Å². The van der Waals surface area contributed by atoms with Crippen LogP contribution < -0.4 is 10.5 Å². The van der Waals surface area contributed by atoms with Crippen LogP contribution in [0.15, 0.2) is 48.5 Å². The zero-order chi connectivity index (χ0) is 17.5. The Hall–Kier alpha value is -2.04. The van der Waals surface area contributed by atoms with E-state index in [1.165, 1.54) is 5.56 Å². The molecule has 0 saturated heterocycles. The number of likely N-dealkylation sites (N-methyl/N-ethyl adjacent to an activating group) is 1. The lowest BCUT2D eigenvalue weighted by Gasteiger charge is -2.23. The molecule has 24 heavy (non-hydrogen) atoms. The lowest BCUT2D eigenvalue weighted by atomic mass is 9.91. The Morgan fingerprint density at radius 2 is 1.92 bits per heavy atom. The molecule has 1 atom stereocenters. The van der Waals surface area contributed by atoms with Gasteiger partial charge in [0.2, 0.25) is 0 Å². The lowest BCUT2D eigenvalue weighted by molar-refractivity contribution is -0.119. The van der Waals surface area contributed by atoms with Gasteiger partial charge in [-0.05, 0) is 49.8 Å². The summed E-state index contributed by atoms with van der Waals surface area (Å²) in [6.45, 7) is 0.714. The molecule has 1 amide bonds. The maximum atomic E-state index is 10.9. The van der Waals surface area contributed by atoms with E-state index in [1.54, 1.807) is 12.1 Å². The minimum atomic E-state index is -0.499. The molecule has 0 fully saturated rings. The summed E-state index contributed by atoms with van der Waals surface area (Å²) in [7, 11) is 4.08. The van der Waals surface area contributed by atoms with Crippen LogP contribution in [0.3, 0.4) is 0 Å². The second kappa shape index (κ2) is 8.71. The van der Waals surface area contributed by atoms with Crippen LogP contribution in [0.25, 0.3) is 0 Å². The number of hydrogen-bond acceptors (Lipinski definition) is 3. The van der Waals surface area contributed by atoms with E-state index in [0.717, 1.165) is 18.5 Å². The van der Waals surface area contributed by atoms with E-state index in [0.29, 0.717) is 10.8 Å². The van der Waals surface area contributed by atoms with E-state index in [-0.39, 0.29) is 12.5 Å². The van der Waals surface area contributed by atoms with Gasteiger partial charge in [-0.3, -0.25) is 4.79 Å². The molecule has 0 aliphatic heterocycles. The molecule has 0 radical (unpaired) electrons. The predicted octanol–water partition coefficient (Wildman–Crippen LogP) is 3.09. The molecule has 2 rings (SSSR count). The van der Waals surface area contributed by atoms with Crippen LogP contribution in [-0.4, -0.2) is 38.1 Å². The van der Waals surface area contributed by atoms with Crippen LogP contribution in [-0.2, 0) is 11.2 Å². The fourth-order valence-corrected chi connectivity index (χ4v) is 2.96. The van der Waals surface area contributed by atoms with Crippen molar-refractivity contribution in [1.29, 1.82) is 0 Å². The number of nitrogens with two attached hydrogens (primary N) is 1. The van der Waals surface area contributed by atoms with Gasteiger partial charge in [-0.15, -0.1) is 0 Å². The topological polar surface area (TPSA) is 55.6 Å². The zero-order valence-corrected chi connectivity index (χ0v) is 14.8. The molecule has 2 N–H and O–H groups in total. The second-order valence-electron chi connectivity index (χ2n) is 6.09. The first-order valence-electron chi connectivity index (χ1n) is 7.85. The van der Waals surface area contributed by atoms with Crippen LogP contribution in [0.4, 0.5) is 0 Å². The lowest BCUT2D eigenvalue weighted by Crippen LogP contribution is -2.22. The van der Waals surface area contributed by atoms with E-state index in [1.807, 2.05) is 38.4 Å². The summed E-state index contributed by atoms with van der Waals surface area (Å²) in [4.78, 5) is 13.0. The molecular weight excluding hydrogens is 324 g/mol. The van der Waals surface area contributed by atoms with Gasteiger partial charge in [0.25, 0.3) is 5.91 Å². The van der Waals surface area contributed by atoms with Crippen molar-refractivity contribution < 1.29 is 9.53 Å². The van der Waals surface area contributed by atoms with Crippen molar-refractivity contribution in [3.63, 3.8) is 0 Å². The number of hydrogen-bond donors (Lipinski definition) is 1. The molecule has 0 aromatic heterocycles. The Morgan fingerprint density at radius 1 is 1.21 bits per heavy atom. The Labute approximate surface area is 148 Å². The molecule has 0 aliphatic rings. The molecule has 5 heteroatoms. The minimum Gasteiger partial charge on any atom is -0.484 e. The van der Waals surface area contributed by atoms with Crippen LogP contribution in [0.1, 0.15) is 17.0 Å². The number of carbonyl (C=O) groups is 1. The first-order valence-corrected chi connectivity index (χ1v) is 8.22. The van der Waals surface area contributed by atoms with Crippen molar-refractivity contribution in [2.24, 2.45) is 5.73 Å². The number of ether oxygens (including phenoxy) is 1. The number of primary amides is 1. The predicted molar refractivity (Wildman–Crippen MR) is 97.6 cm³/mol. The van der Waals surface area contributed by atoms with Gasteiger partial charge in [-0.1, -0.05) is 41.9 Å². The van der Waals surface area contributed by atoms with E-state index in [9.17, 15) is 4.79 Å². The van der Waals surface area contributed by atoms with Crippen LogP contribution >= 0.6 is 11.6 Å². The van der Waals surface area contributed by atoms with Gasteiger partial charge in [0, 0.05) is 17.5 Å². The highest BCUT2D eigenvalue weighted by Gasteiger charge is 2.18. The molecule has 0 bridgehead atoms. The monoisotopic (exact) mass is 346 g/mol. The summed E-state index contributed by atoms with van der Waals surface area (Å²) in [6, 6.07) is 15.8. The highest BCUT2D eigenvalue weighted by atomic mass is 35.5. The maximum Gasteiger partial charge on any atom is 0.255 e. The number of benzene rings is 2. The molecule has 4 nitrogen and oxygen atoms in total. The SMILES string of the molecule is CN(C)CC(Cc1ccccc1)c1cc(OCC(N)=O)ccc1Cl. The highest BCUT2D eigenvalue weighted by molar-refractivity contribution is 6.31. The molecule has 0 heterocycles. The maximum absolute atomic E-state index is 10.9. The Kier molecular flexibility index (Phi) is 6.64. The normalized spacial score (nSPS) is 12.2. The quantitative estimate of drug-likeness (QED) is 0.799. The first-order chi connectivity index (χ1) is 11.5. The fraction of sp³-hybridized carbons (Fsp3) is 0.316. The first kappa shape index (κ1) is 18.3. The van der Waals surface area contributed by atoms with Crippen LogP contribution in [0.2, 0.25) is 5.02 Å². The third kappa shape index (κ3) is 5.55. The van der Waals surface area contributed by atoms with Crippen LogP contribution in [0, 0.1) is 0 Å². The summed E-state index contributed by atoms with van der Waals surface area (Å²) < 4.78 is 5.42. The van der Waals surface area contributed by atoms with Crippen molar-refractivity contribution in [2.75, 3.05) is 27.2 Å². The third-order valence-corrected chi connectivity index (χ3v) is 4.04. The molecular formula is C19H23ClN2O2. The summed E-state index contributed by atoms with van der Waals surface area (Å²) >= 11 is 6.44. The number of carbonyl (C=O) groups excluding carboxylic acids is 1. The number of nitrogens with zero attached hydrogens (tertiary/aromatic N) is 1. The fourth-order valence-electron chi connectivity index (χ4n) is 2.69. The summed E-state index contributed by atoms with van der Waals surface area (Å²) in [5.74, 6) is 0.317. The van der Waals surface area contributed by atoms with Gasteiger partial charge in [0.05, 0.1) is 0 Å². The summed E-state index contributed by atoms with van der Waals surface area (Å²) in [5.41, 5.74) is 7.40. The second-order valence-corrected chi connectivity index (χ2v) is 6.49. The molecule has 2 aromatic carbocycles. The Bertz CT molecular complexity index is 674. The largest absolute Gasteiger partial charge is 0.484 e. The zero-order valence-electron chi connectivity index (χ0n) is 14.0. The average molecular weight is 347 g/mol. The van der Waals surface area contributed by atoms with Gasteiger partial charge in [0.15, 0.2) is 6.61 Å². The van der Waals surface area contributed by atoms with Crippen molar-refractivity contribution in [1.82, 2.24) is 4.90 Å². The van der Waals surface area contributed by atoms with Crippen molar-refractivity contribution in [3.05, 3.63) is 64.7 Å². The number of halogens is 1. The van der Waals surface area contributed by atoms with Gasteiger partial charge < -0.3 is 15.4 Å². The number of amides is 1. The van der Waals surface area contributed by atoms with Crippen molar-refractivity contribution >= 4 is 17.5 Å². The standard InChI is InChI=1S/C19H23ClN2O2/c1-22(2)12-15(10-14-6-4-3-5-7-14)17-11-16(8-9-18(17)20)24-13-19(21)23/h3-9,11,15H,10,12-13H2,1-2H3,(H2,21,23). The van der Waals surface area contributed by atoms with E-state index < -0.39 is 5.91 Å². The van der Waals surface area contributed by atoms with Crippen LogP contribution in [0.5, 0.6) is 5.75 Å². The molecule has 0 spiro atoms. The van der Waals surface area contributed by atoms with E-state index in [4.69, 9.17) is 22.1 Å². The average Bonchev–Trinajstić information content (AvgIpc) is 2.54. The van der Waals surface area contributed by atoms with Gasteiger partial charge >= 0.3 is 0 Å². The minimum absolute atomic E-state index is 0.141. The van der Waals surface area contributed by atoms with Crippen molar-refractivity contribution in [3.8, 4) is 5.75 Å². The summed E-state index contributed by atoms with van der Waals surface area (Å²) in [6.07, 6.45) is 0.873. The molecule has 128 valence electrons. The van der Waals surface area contributed by atoms with Gasteiger partial charge in [-0.25, -0.2) is 0 Å². The Morgan fingerprint density at radius 3 is 2.54 bits per heavy atom. The van der Waals surface area contributed by atoms with Gasteiger partial charge in [-0.2, -0.15) is 0 Å². The van der Waals surface area contributed by atoms with Crippen molar-refractivity contribution in [2.45, 2.75) is 12.3 Å². The van der Waals surface area contributed by atoms with Gasteiger partial charge in [0.1, 0.15) is 5.75 Å². The molecule has 0 aliphatic carbocycles. The molecule has 2 aromatic rings. The smallest absolute Gasteiger partial charge is 0.255 e. The Balaban J connectivity index is 2.27.